The second-order valence-corrected chi connectivity index (χ2v) is 5.34. The number of ether oxygens (including phenoxy) is 1. The van der Waals surface area contributed by atoms with Gasteiger partial charge in [0, 0.05) is 12.0 Å². The number of para-hydroxylation sites is 1. The molecule has 0 spiro atoms. The molecule has 3 rings (SSSR count). The average molecular weight is 271 g/mol. The van der Waals surface area contributed by atoms with Crippen LogP contribution in [-0.4, -0.2) is 12.6 Å². The molecular weight excluding hydrogens is 253 g/mol. The summed E-state index contributed by atoms with van der Waals surface area (Å²) in [5, 5.41) is 0. The molecule has 1 aliphatic rings. The van der Waals surface area contributed by atoms with Crippen molar-refractivity contribution in [2.24, 2.45) is 11.7 Å². The Kier molecular flexibility index (Phi) is 3.70. The van der Waals surface area contributed by atoms with Crippen molar-refractivity contribution in [2.45, 2.75) is 18.9 Å². The Morgan fingerprint density at radius 1 is 1.15 bits per heavy atom. The highest BCUT2D eigenvalue weighted by Crippen LogP contribution is 2.28. The summed E-state index contributed by atoms with van der Waals surface area (Å²) in [4.78, 5) is 0. The maximum atomic E-state index is 13.7. The van der Waals surface area contributed by atoms with Crippen LogP contribution < -0.4 is 10.5 Å². The zero-order valence-corrected chi connectivity index (χ0v) is 11.3. The van der Waals surface area contributed by atoms with Crippen LogP contribution in [0.4, 0.5) is 4.39 Å². The summed E-state index contributed by atoms with van der Waals surface area (Å²) in [6.07, 6.45) is 1.44. The van der Waals surface area contributed by atoms with E-state index in [2.05, 4.69) is 6.07 Å². The third-order valence-corrected chi connectivity index (χ3v) is 3.93. The summed E-state index contributed by atoms with van der Waals surface area (Å²) in [6, 6.07) is 14.8. The molecule has 104 valence electrons. The van der Waals surface area contributed by atoms with Crippen molar-refractivity contribution in [2.75, 3.05) is 6.61 Å². The van der Waals surface area contributed by atoms with Gasteiger partial charge in [-0.1, -0.05) is 36.4 Å². The van der Waals surface area contributed by atoms with Crippen LogP contribution in [0.15, 0.2) is 48.5 Å². The lowest BCUT2D eigenvalue weighted by molar-refractivity contribution is 0.198. The van der Waals surface area contributed by atoms with E-state index >= 15 is 0 Å². The van der Waals surface area contributed by atoms with Crippen molar-refractivity contribution in [1.29, 1.82) is 0 Å². The molecule has 2 nitrogen and oxygen atoms in total. The Labute approximate surface area is 118 Å². The summed E-state index contributed by atoms with van der Waals surface area (Å²) in [5.74, 6) is 0.992. The quantitative estimate of drug-likeness (QED) is 0.931. The van der Waals surface area contributed by atoms with Crippen LogP contribution in [0.1, 0.15) is 11.1 Å². The number of rotatable bonds is 3. The van der Waals surface area contributed by atoms with E-state index in [1.807, 2.05) is 24.3 Å². The third kappa shape index (κ3) is 2.68. The molecule has 0 aromatic heterocycles. The molecule has 0 bridgehead atoms. The van der Waals surface area contributed by atoms with E-state index in [-0.39, 0.29) is 17.8 Å². The van der Waals surface area contributed by atoms with Gasteiger partial charge in [-0.3, -0.25) is 0 Å². The van der Waals surface area contributed by atoms with E-state index in [0.29, 0.717) is 18.6 Å². The second kappa shape index (κ2) is 5.63. The fraction of sp³-hybridized carbons (Fsp3) is 0.294. The zero-order valence-electron chi connectivity index (χ0n) is 11.3. The fourth-order valence-corrected chi connectivity index (χ4v) is 2.71. The van der Waals surface area contributed by atoms with Gasteiger partial charge in [0.25, 0.3) is 0 Å². The van der Waals surface area contributed by atoms with Crippen molar-refractivity contribution in [1.82, 2.24) is 0 Å². The molecular formula is C17H18FNO. The largest absolute Gasteiger partial charge is 0.493 e. The Balaban J connectivity index is 1.70. The second-order valence-electron chi connectivity index (χ2n) is 5.34. The van der Waals surface area contributed by atoms with Crippen LogP contribution in [0.25, 0.3) is 0 Å². The zero-order chi connectivity index (χ0) is 13.9. The van der Waals surface area contributed by atoms with Gasteiger partial charge in [-0.15, -0.1) is 0 Å². The molecule has 20 heavy (non-hydrogen) atoms. The molecule has 0 saturated carbocycles. The van der Waals surface area contributed by atoms with Crippen molar-refractivity contribution >= 4 is 0 Å². The lowest BCUT2D eigenvalue weighted by Crippen LogP contribution is -2.39. The van der Waals surface area contributed by atoms with Crippen molar-refractivity contribution in [3.63, 3.8) is 0 Å². The molecule has 0 aliphatic carbocycles. The minimum atomic E-state index is -0.180. The lowest BCUT2D eigenvalue weighted by atomic mass is 9.87. The highest BCUT2D eigenvalue weighted by atomic mass is 19.1. The molecule has 0 amide bonds. The number of hydrogen-bond acceptors (Lipinski definition) is 2. The van der Waals surface area contributed by atoms with E-state index in [1.54, 1.807) is 12.1 Å². The molecule has 1 aliphatic heterocycles. The molecule has 2 aromatic carbocycles. The van der Waals surface area contributed by atoms with Crippen LogP contribution in [-0.2, 0) is 12.8 Å². The van der Waals surface area contributed by atoms with Gasteiger partial charge in [0.2, 0.25) is 0 Å². The minimum Gasteiger partial charge on any atom is -0.493 e. The first-order chi connectivity index (χ1) is 9.74. The summed E-state index contributed by atoms with van der Waals surface area (Å²) < 4.78 is 19.4. The van der Waals surface area contributed by atoms with E-state index in [9.17, 15) is 4.39 Å². The van der Waals surface area contributed by atoms with Gasteiger partial charge >= 0.3 is 0 Å². The Morgan fingerprint density at radius 3 is 2.75 bits per heavy atom. The van der Waals surface area contributed by atoms with Gasteiger partial charge in [0.05, 0.1) is 6.61 Å². The number of fused-ring (bicyclic) bond motifs is 1. The molecule has 2 unspecified atom stereocenters. The molecule has 0 radical (unpaired) electrons. The van der Waals surface area contributed by atoms with Gasteiger partial charge in [0.1, 0.15) is 11.6 Å². The predicted molar refractivity (Wildman–Crippen MR) is 77.2 cm³/mol. The molecule has 2 atom stereocenters. The standard InChI is InChI=1S/C17H18FNO/c18-15-7-3-1-5-12(15)10-16(19)14-9-13-6-2-4-8-17(13)20-11-14/h1-8,14,16H,9-11,19H2. The van der Waals surface area contributed by atoms with E-state index < -0.39 is 0 Å². The molecule has 1 heterocycles. The van der Waals surface area contributed by atoms with Crippen LogP contribution in [0.5, 0.6) is 5.75 Å². The topological polar surface area (TPSA) is 35.2 Å². The summed E-state index contributed by atoms with van der Waals surface area (Å²) in [6.45, 7) is 0.604. The third-order valence-electron chi connectivity index (χ3n) is 3.93. The summed E-state index contributed by atoms with van der Waals surface area (Å²) in [5.41, 5.74) is 8.13. The molecule has 3 heteroatoms. The summed E-state index contributed by atoms with van der Waals surface area (Å²) in [7, 11) is 0. The van der Waals surface area contributed by atoms with Crippen molar-refractivity contribution in [3.05, 3.63) is 65.5 Å². The first kappa shape index (κ1) is 13.1. The Hall–Kier alpha value is -1.87. The van der Waals surface area contributed by atoms with Crippen LogP contribution in [0.2, 0.25) is 0 Å². The number of hydrogen-bond donors (Lipinski definition) is 1. The molecule has 2 aromatic rings. The van der Waals surface area contributed by atoms with E-state index in [0.717, 1.165) is 12.2 Å². The smallest absolute Gasteiger partial charge is 0.126 e. The molecule has 0 fully saturated rings. The number of halogens is 1. The predicted octanol–water partition coefficient (Wildman–Crippen LogP) is 2.95. The monoisotopic (exact) mass is 271 g/mol. The SMILES string of the molecule is NC(Cc1ccccc1F)C1COc2ccccc2C1. The first-order valence-corrected chi connectivity index (χ1v) is 6.94. The molecule has 2 N–H and O–H groups in total. The van der Waals surface area contributed by atoms with Gasteiger partial charge in [-0.05, 0) is 36.1 Å². The highest BCUT2D eigenvalue weighted by Gasteiger charge is 2.25. The maximum absolute atomic E-state index is 13.7. The number of benzene rings is 2. The van der Waals surface area contributed by atoms with Crippen LogP contribution in [0.3, 0.4) is 0 Å². The van der Waals surface area contributed by atoms with E-state index in [4.69, 9.17) is 10.5 Å². The van der Waals surface area contributed by atoms with Gasteiger partial charge in [-0.25, -0.2) is 4.39 Å². The maximum Gasteiger partial charge on any atom is 0.126 e. The van der Waals surface area contributed by atoms with Crippen LogP contribution >= 0.6 is 0 Å². The first-order valence-electron chi connectivity index (χ1n) is 6.94. The van der Waals surface area contributed by atoms with Crippen molar-refractivity contribution in [3.8, 4) is 5.75 Å². The normalized spacial score (nSPS) is 19.0. The van der Waals surface area contributed by atoms with Crippen LogP contribution in [0, 0.1) is 11.7 Å². The number of nitrogens with two attached hydrogens (primary N) is 1. The average Bonchev–Trinajstić information content (AvgIpc) is 2.49. The van der Waals surface area contributed by atoms with E-state index in [1.165, 1.54) is 11.6 Å². The Bertz CT molecular complexity index is 599. The van der Waals surface area contributed by atoms with Gasteiger partial charge < -0.3 is 10.5 Å². The molecule has 0 saturated heterocycles. The van der Waals surface area contributed by atoms with Gasteiger partial charge in [-0.2, -0.15) is 0 Å². The highest BCUT2D eigenvalue weighted by molar-refractivity contribution is 5.35. The Morgan fingerprint density at radius 2 is 1.90 bits per heavy atom. The fourth-order valence-electron chi connectivity index (χ4n) is 2.71. The van der Waals surface area contributed by atoms with Gasteiger partial charge in [0.15, 0.2) is 0 Å². The summed E-state index contributed by atoms with van der Waals surface area (Å²) >= 11 is 0. The van der Waals surface area contributed by atoms with Crippen molar-refractivity contribution < 1.29 is 9.13 Å². The minimum absolute atomic E-state index is 0.0970. The lowest BCUT2D eigenvalue weighted by Gasteiger charge is -2.29.